The van der Waals surface area contributed by atoms with Gasteiger partial charge >= 0.3 is 17.1 Å². The topological polar surface area (TPSA) is 143 Å². The molecule has 2 aromatic rings. The molecule has 12 heteroatoms. The molecule has 0 radical (unpaired) electrons. The second kappa shape index (κ2) is 6.47. The van der Waals surface area contributed by atoms with Crippen molar-refractivity contribution >= 4 is 11.9 Å². The van der Waals surface area contributed by atoms with Crippen molar-refractivity contribution in [1.29, 1.82) is 0 Å². The lowest BCUT2D eigenvalue weighted by Crippen LogP contribution is -2.53. The summed E-state index contributed by atoms with van der Waals surface area (Å²) >= 11 is 0. The molecule has 0 spiro atoms. The van der Waals surface area contributed by atoms with Gasteiger partial charge < -0.3 is 15.4 Å². The number of nitrogens with zero attached hydrogens (tertiary/aromatic N) is 7. The minimum absolute atomic E-state index is 0.0128. The van der Waals surface area contributed by atoms with E-state index < -0.39 is 17.1 Å². The van der Waals surface area contributed by atoms with E-state index in [1.54, 1.807) is 0 Å². The summed E-state index contributed by atoms with van der Waals surface area (Å²) in [6.07, 6.45) is 0. The molecular weight excluding hydrogens is 332 g/mol. The largest absolute Gasteiger partial charge is 0.378 e. The molecule has 3 heterocycles. The summed E-state index contributed by atoms with van der Waals surface area (Å²) in [6.45, 7) is 2.07. The van der Waals surface area contributed by atoms with Gasteiger partial charge in [0.15, 0.2) is 5.82 Å². The molecule has 0 unspecified atom stereocenters. The number of aromatic nitrogens is 6. The first kappa shape index (κ1) is 16.8. The summed E-state index contributed by atoms with van der Waals surface area (Å²) in [5.41, 5.74) is 3.54. The van der Waals surface area contributed by atoms with E-state index in [1.165, 1.54) is 14.1 Å². The van der Waals surface area contributed by atoms with Crippen LogP contribution in [0.15, 0.2) is 14.4 Å². The van der Waals surface area contributed by atoms with E-state index in [1.807, 2.05) is 4.90 Å². The average molecular weight is 350 g/mol. The van der Waals surface area contributed by atoms with Crippen LogP contribution in [0.2, 0.25) is 0 Å². The Bertz CT molecular complexity index is 929. The number of anilines is 2. The minimum Gasteiger partial charge on any atom is -0.378 e. The van der Waals surface area contributed by atoms with E-state index in [0.29, 0.717) is 32.3 Å². The monoisotopic (exact) mass is 350 g/mol. The second-order valence-electron chi connectivity index (χ2n) is 5.56. The molecule has 1 aliphatic rings. The first-order valence-corrected chi connectivity index (χ1v) is 7.58. The third kappa shape index (κ3) is 3.15. The van der Waals surface area contributed by atoms with Crippen LogP contribution >= 0.6 is 0 Å². The molecule has 0 atom stereocenters. The number of hydrogen-bond donors (Lipinski definition) is 1. The molecule has 0 aliphatic carbocycles. The van der Waals surface area contributed by atoms with Gasteiger partial charge in [0.1, 0.15) is 0 Å². The van der Waals surface area contributed by atoms with Crippen molar-refractivity contribution in [3.63, 3.8) is 0 Å². The first-order chi connectivity index (χ1) is 11.9. The van der Waals surface area contributed by atoms with Crippen molar-refractivity contribution in [3.05, 3.63) is 37.3 Å². The Kier molecular flexibility index (Phi) is 4.35. The standard InChI is InChI=1S/C13H18N8O4/c1-18-11(22)19(2)13(24)21(12(18)23)7-8-15-9(14)17-10(16-8)20-3-5-25-6-4-20/h3-7H2,1-2H3,(H2,14,15,16,17). The van der Waals surface area contributed by atoms with Crippen molar-refractivity contribution in [1.82, 2.24) is 28.7 Å². The Morgan fingerprint density at radius 1 is 0.960 bits per heavy atom. The van der Waals surface area contributed by atoms with Crippen LogP contribution in [-0.4, -0.2) is 55.0 Å². The molecule has 25 heavy (non-hydrogen) atoms. The lowest BCUT2D eigenvalue weighted by molar-refractivity contribution is 0.122. The van der Waals surface area contributed by atoms with Gasteiger partial charge in [-0.25, -0.2) is 28.1 Å². The lowest BCUT2D eigenvalue weighted by Gasteiger charge is -2.26. The SMILES string of the molecule is Cn1c(=O)n(C)c(=O)n(Cc2nc(N)nc(N3CCOCC3)n2)c1=O. The second-order valence-corrected chi connectivity index (χ2v) is 5.56. The van der Waals surface area contributed by atoms with Crippen molar-refractivity contribution in [2.45, 2.75) is 6.54 Å². The van der Waals surface area contributed by atoms with Gasteiger partial charge in [0.2, 0.25) is 11.9 Å². The Morgan fingerprint density at radius 2 is 1.56 bits per heavy atom. The Morgan fingerprint density at radius 3 is 2.16 bits per heavy atom. The number of ether oxygens (including phenoxy) is 1. The third-order valence-corrected chi connectivity index (χ3v) is 3.89. The Balaban J connectivity index is 2.02. The maximum atomic E-state index is 12.2. The summed E-state index contributed by atoms with van der Waals surface area (Å²) < 4.78 is 7.84. The predicted molar refractivity (Wildman–Crippen MR) is 87.6 cm³/mol. The van der Waals surface area contributed by atoms with Gasteiger partial charge in [0, 0.05) is 27.2 Å². The highest BCUT2D eigenvalue weighted by atomic mass is 16.5. The highest BCUT2D eigenvalue weighted by Crippen LogP contribution is 2.11. The minimum atomic E-state index is -0.750. The quantitative estimate of drug-likeness (QED) is 0.608. The Hall–Kier alpha value is -3.02. The van der Waals surface area contributed by atoms with Crippen molar-refractivity contribution in [2.24, 2.45) is 14.1 Å². The number of nitrogens with two attached hydrogens (primary N) is 1. The van der Waals surface area contributed by atoms with Crippen LogP contribution < -0.4 is 27.7 Å². The van der Waals surface area contributed by atoms with Crippen molar-refractivity contribution < 1.29 is 4.74 Å². The molecule has 12 nitrogen and oxygen atoms in total. The van der Waals surface area contributed by atoms with Crippen LogP contribution in [-0.2, 0) is 25.4 Å². The molecule has 0 aromatic carbocycles. The first-order valence-electron chi connectivity index (χ1n) is 7.58. The molecule has 134 valence electrons. The van der Waals surface area contributed by atoms with Gasteiger partial charge in [-0.1, -0.05) is 0 Å². The molecule has 0 bridgehead atoms. The molecular formula is C13H18N8O4. The summed E-state index contributed by atoms with van der Waals surface area (Å²) in [6, 6.07) is 0. The van der Waals surface area contributed by atoms with Gasteiger partial charge in [-0.2, -0.15) is 15.0 Å². The van der Waals surface area contributed by atoms with Gasteiger partial charge in [-0.3, -0.25) is 0 Å². The van der Waals surface area contributed by atoms with E-state index in [0.717, 1.165) is 13.7 Å². The fourth-order valence-corrected chi connectivity index (χ4v) is 2.51. The zero-order valence-electron chi connectivity index (χ0n) is 13.9. The van der Waals surface area contributed by atoms with Gasteiger partial charge in [0.25, 0.3) is 0 Å². The molecule has 2 N–H and O–H groups in total. The molecule has 3 rings (SSSR count). The van der Waals surface area contributed by atoms with E-state index in [2.05, 4.69) is 15.0 Å². The zero-order chi connectivity index (χ0) is 18.1. The van der Waals surface area contributed by atoms with Crippen molar-refractivity contribution in [3.8, 4) is 0 Å². The van der Waals surface area contributed by atoms with Crippen LogP contribution in [0.25, 0.3) is 0 Å². The molecule has 0 amide bonds. The maximum Gasteiger partial charge on any atom is 0.336 e. The summed E-state index contributed by atoms with van der Waals surface area (Å²) in [4.78, 5) is 50.5. The summed E-state index contributed by atoms with van der Waals surface area (Å²) in [7, 11) is 2.59. The van der Waals surface area contributed by atoms with Crippen LogP contribution in [0.5, 0.6) is 0 Å². The zero-order valence-corrected chi connectivity index (χ0v) is 13.9. The highest BCUT2D eigenvalue weighted by molar-refractivity contribution is 5.35. The number of rotatable bonds is 3. The fraction of sp³-hybridized carbons (Fsp3) is 0.538. The molecule has 1 saturated heterocycles. The molecule has 1 aliphatic heterocycles. The normalized spacial score (nSPS) is 14.7. The van der Waals surface area contributed by atoms with E-state index in [4.69, 9.17) is 10.5 Å². The predicted octanol–water partition coefficient (Wildman–Crippen LogP) is -3.10. The van der Waals surface area contributed by atoms with Crippen molar-refractivity contribution in [2.75, 3.05) is 36.9 Å². The van der Waals surface area contributed by atoms with Crippen LogP contribution in [0.4, 0.5) is 11.9 Å². The third-order valence-electron chi connectivity index (χ3n) is 3.89. The summed E-state index contributed by atoms with van der Waals surface area (Å²) in [5.74, 6) is 0.508. The molecule has 1 fully saturated rings. The van der Waals surface area contributed by atoms with Gasteiger partial charge in [-0.05, 0) is 0 Å². The van der Waals surface area contributed by atoms with Crippen LogP contribution in [0, 0.1) is 0 Å². The van der Waals surface area contributed by atoms with Gasteiger partial charge in [0.05, 0.1) is 19.8 Å². The van der Waals surface area contributed by atoms with Gasteiger partial charge in [-0.15, -0.1) is 0 Å². The fourth-order valence-electron chi connectivity index (χ4n) is 2.51. The molecule has 0 saturated carbocycles. The number of morpholine rings is 1. The van der Waals surface area contributed by atoms with Crippen LogP contribution in [0.1, 0.15) is 5.82 Å². The molecule has 2 aromatic heterocycles. The number of hydrogen-bond acceptors (Lipinski definition) is 9. The maximum absolute atomic E-state index is 12.2. The van der Waals surface area contributed by atoms with Crippen LogP contribution in [0.3, 0.4) is 0 Å². The summed E-state index contributed by atoms with van der Waals surface area (Å²) in [5, 5.41) is 0. The van der Waals surface area contributed by atoms with E-state index in [9.17, 15) is 14.4 Å². The van der Waals surface area contributed by atoms with E-state index in [-0.39, 0.29) is 18.3 Å². The highest BCUT2D eigenvalue weighted by Gasteiger charge is 2.17. The lowest BCUT2D eigenvalue weighted by atomic mass is 10.4. The smallest absolute Gasteiger partial charge is 0.336 e. The average Bonchev–Trinajstić information content (AvgIpc) is 2.62. The van der Waals surface area contributed by atoms with E-state index >= 15 is 0 Å². The number of nitrogen functional groups attached to an aromatic ring is 1. The Labute approximate surface area is 141 Å².